The van der Waals surface area contributed by atoms with Gasteiger partial charge in [0, 0.05) is 0 Å². The molecule has 2 aliphatic heterocycles. The van der Waals surface area contributed by atoms with Crippen LogP contribution in [-0.2, 0) is 69.1 Å². The Morgan fingerprint density at radius 1 is 0.516 bits per heavy atom. The normalized spacial score (nSPS) is 26.1. The summed E-state index contributed by atoms with van der Waals surface area (Å²) in [6.07, 6.45) is -9.52. The van der Waals surface area contributed by atoms with E-state index in [9.17, 15) is 15.0 Å². The average Bonchev–Trinajstić information content (AvgIpc) is 3.32. The highest BCUT2D eigenvalue weighted by Crippen LogP contribution is 2.33. The highest BCUT2D eigenvalue weighted by Gasteiger charge is 2.52. The van der Waals surface area contributed by atoms with Gasteiger partial charge in [-0.3, -0.25) is 0 Å². The number of aliphatic hydroxyl groups excluding tert-OH is 2. The van der Waals surface area contributed by atoms with E-state index in [4.69, 9.17) is 42.6 Å². The van der Waals surface area contributed by atoms with E-state index >= 15 is 0 Å². The summed E-state index contributed by atoms with van der Waals surface area (Å²) in [5, 5.41) is 22.1. The van der Waals surface area contributed by atoms with Crippen LogP contribution in [0.4, 0.5) is 0 Å². The lowest BCUT2D eigenvalue weighted by molar-refractivity contribution is -0.339. The predicted molar refractivity (Wildman–Crippen MR) is 228 cm³/mol. The van der Waals surface area contributed by atoms with Gasteiger partial charge in [-0.15, -0.1) is 6.58 Å². The monoisotopic (exact) mass is 846 g/mol. The number of hydrogen-bond acceptors (Lipinski definition) is 12. The quantitative estimate of drug-likeness (QED) is 0.0610. The van der Waals surface area contributed by atoms with E-state index in [-0.39, 0.29) is 39.6 Å². The lowest BCUT2D eigenvalue weighted by Gasteiger charge is -2.46. The van der Waals surface area contributed by atoms with Crippen molar-refractivity contribution in [2.24, 2.45) is 0 Å². The van der Waals surface area contributed by atoms with Crippen LogP contribution in [0.2, 0.25) is 0 Å². The summed E-state index contributed by atoms with van der Waals surface area (Å²) in [4.78, 5) is 14.0. The first kappa shape index (κ1) is 44.9. The Kier molecular flexibility index (Phi) is 17.0. The molecule has 5 aromatic carbocycles. The predicted octanol–water partition coefficient (Wildman–Crippen LogP) is 6.58. The molecule has 12 heteroatoms. The summed E-state index contributed by atoms with van der Waals surface area (Å²) in [6.45, 7) is 4.46. The second-order valence-electron chi connectivity index (χ2n) is 15.0. The Morgan fingerprint density at radius 3 is 1.50 bits per heavy atom. The topological polar surface area (TPSA) is 141 Å². The maximum atomic E-state index is 14.0. The fraction of sp³-hybridized carbons (Fsp3) is 0.340. The SMILES string of the molecule is C=CCO[C@H]1[C@H](OCc2ccccc2)[C@H](O)[C@@H](O)O[C@@H]1CO[C@@H]1O[C@H](COCc2ccccc2)[C@@H](OCc2ccccc2)[C@H](OCc2ccccc2)[C@H]1OC(=O)c1ccccc1. The lowest BCUT2D eigenvalue weighted by Crippen LogP contribution is -2.63. The fourth-order valence-corrected chi connectivity index (χ4v) is 7.40. The molecule has 0 saturated carbocycles. The zero-order valence-corrected chi connectivity index (χ0v) is 34.4. The Labute approximate surface area is 362 Å². The van der Waals surface area contributed by atoms with Crippen LogP contribution < -0.4 is 0 Å². The summed E-state index contributed by atoms with van der Waals surface area (Å²) >= 11 is 0. The van der Waals surface area contributed by atoms with Crippen LogP contribution in [-0.4, -0.2) is 97.4 Å². The highest BCUT2D eigenvalue weighted by molar-refractivity contribution is 5.89. The van der Waals surface area contributed by atoms with Crippen LogP contribution in [0.15, 0.2) is 164 Å². The first-order valence-corrected chi connectivity index (χ1v) is 20.8. The minimum Gasteiger partial charge on any atom is -0.450 e. The minimum atomic E-state index is -1.64. The van der Waals surface area contributed by atoms with Gasteiger partial charge < -0.3 is 52.8 Å². The number of esters is 1. The van der Waals surface area contributed by atoms with Gasteiger partial charge in [-0.05, 0) is 34.4 Å². The second-order valence-corrected chi connectivity index (χ2v) is 15.0. The van der Waals surface area contributed by atoms with Crippen molar-refractivity contribution >= 4 is 5.97 Å². The van der Waals surface area contributed by atoms with Crippen molar-refractivity contribution in [3.63, 3.8) is 0 Å². The molecule has 12 nitrogen and oxygen atoms in total. The molecular weight excluding hydrogens is 793 g/mol. The number of carbonyl (C=O) groups excluding carboxylic acids is 1. The van der Waals surface area contributed by atoms with E-state index in [1.54, 1.807) is 30.3 Å². The van der Waals surface area contributed by atoms with E-state index < -0.39 is 67.4 Å². The van der Waals surface area contributed by atoms with Gasteiger partial charge in [-0.1, -0.05) is 146 Å². The molecule has 0 unspecified atom stereocenters. The number of aliphatic hydroxyl groups is 2. The largest absolute Gasteiger partial charge is 0.450 e. The Hall–Kier alpha value is -5.09. The van der Waals surface area contributed by atoms with Crippen LogP contribution in [0, 0.1) is 0 Å². The van der Waals surface area contributed by atoms with E-state index in [2.05, 4.69) is 6.58 Å². The van der Waals surface area contributed by atoms with Crippen molar-refractivity contribution < 1.29 is 57.6 Å². The molecule has 2 saturated heterocycles. The van der Waals surface area contributed by atoms with E-state index in [0.29, 0.717) is 12.2 Å². The molecule has 0 amide bonds. The Morgan fingerprint density at radius 2 is 0.968 bits per heavy atom. The standard InChI is InChI=1S/C50H54O12/c1-2-28-55-43-41(60-49(53)42(51)45(43)57-31-37-22-12-5-13-23-37)34-59-50-47(62-48(52)39-26-16-7-17-27-39)46(58-32-38-24-14-6-15-25-38)44(56-30-36-20-10-4-11-21-36)40(61-50)33-54-29-35-18-8-3-9-19-35/h2-27,40-47,49-51,53H,1,28-34H2/t40-,41-,42+,43-,44-,45-,46+,47-,49+,50-/m1/s1. The Balaban J connectivity index is 1.20. The molecule has 62 heavy (non-hydrogen) atoms. The molecule has 2 N–H and O–H groups in total. The molecule has 0 aromatic heterocycles. The van der Waals surface area contributed by atoms with Crippen molar-refractivity contribution in [2.45, 2.75) is 87.8 Å². The van der Waals surface area contributed by atoms with E-state index in [0.717, 1.165) is 22.3 Å². The van der Waals surface area contributed by atoms with Gasteiger partial charge >= 0.3 is 5.97 Å². The number of benzene rings is 5. The van der Waals surface area contributed by atoms with Gasteiger partial charge in [0.15, 0.2) is 18.7 Å². The molecule has 0 aliphatic carbocycles. The first-order valence-electron chi connectivity index (χ1n) is 20.8. The van der Waals surface area contributed by atoms with Crippen molar-refractivity contribution in [1.82, 2.24) is 0 Å². The van der Waals surface area contributed by atoms with Gasteiger partial charge in [0.25, 0.3) is 0 Å². The van der Waals surface area contributed by atoms with Gasteiger partial charge in [0.1, 0.15) is 42.7 Å². The van der Waals surface area contributed by atoms with E-state index in [1.807, 2.05) is 127 Å². The third kappa shape index (κ3) is 12.5. The molecular formula is C50H54O12. The lowest BCUT2D eigenvalue weighted by atomic mass is 9.97. The summed E-state index contributed by atoms with van der Waals surface area (Å²) in [7, 11) is 0. The average molecular weight is 847 g/mol. The third-order valence-electron chi connectivity index (χ3n) is 10.6. The zero-order valence-electron chi connectivity index (χ0n) is 34.4. The zero-order chi connectivity index (χ0) is 42.9. The maximum Gasteiger partial charge on any atom is 0.338 e. The highest BCUT2D eigenvalue weighted by atomic mass is 16.7. The molecule has 0 spiro atoms. The second kappa shape index (κ2) is 23.4. The van der Waals surface area contributed by atoms with Gasteiger partial charge in [-0.25, -0.2) is 4.79 Å². The molecule has 7 rings (SSSR count). The van der Waals surface area contributed by atoms with Crippen LogP contribution in [0.3, 0.4) is 0 Å². The number of rotatable bonds is 21. The smallest absolute Gasteiger partial charge is 0.338 e. The minimum absolute atomic E-state index is 0.0596. The molecule has 5 aromatic rings. The van der Waals surface area contributed by atoms with Crippen LogP contribution >= 0.6 is 0 Å². The summed E-state index contributed by atoms with van der Waals surface area (Å²) in [5.41, 5.74) is 3.94. The first-order chi connectivity index (χ1) is 30.5. The molecule has 2 heterocycles. The molecule has 326 valence electrons. The van der Waals surface area contributed by atoms with Gasteiger partial charge in [-0.2, -0.15) is 0 Å². The van der Waals surface area contributed by atoms with Crippen LogP contribution in [0.1, 0.15) is 32.6 Å². The maximum absolute atomic E-state index is 14.0. The Bertz CT molecular complexity index is 2040. The van der Waals surface area contributed by atoms with Gasteiger partial charge in [0.05, 0.1) is 51.8 Å². The van der Waals surface area contributed by atoms with Crippen molar-refractivity contribution in [1.29, 1.82) is 0 Å². The van der Waals surface area contributed by atoms with Crippen molar-refractivity contribution in [2.75, 3.05) is 19.8 Å². The number of carbonyl (C=O) groups is 1. The summed E-state index contributed by atoms with van der Waals surface area (Å²) in [5.74, 6) is -0.629. The molecule has 10 atom stereocenters. The van der Waals surface area contributed by atoms with Crippen molar-refractivity contribution in [3.05, 3.63) is 192 Å². The van der Waals surface area contributed by atoms with Gasteiger partial charge in [0.2, 0.25) is 0 Å². The van der Waals surface area contributed by atoms with Crippen molar-refractivity contribution in [3.8, 4) is 0 Å². The fourth-order valence-electron chi connectivity index (χ4n) is 7.40. The third-order valence-corrected chi connectivity index (χ3v) is 10.6. The molecule has 0 bridgehead atoms. The summed E-state index contributed by atoms with van der Waals surface area (Å²) in [6, 6.07) is 47.2. The van der Waals surface area contributed by atoms with Crippen LogP contribution in [0.5, 0.6) is 0 Å². The van der Waals surface area contributed by atoms with E-state index in [1.165, 1.54) is 0 Å². The molecule has 2 aliphatic rings. The number of ether oxygens (including phenoxy) is 9. The number of hydrogen-bond donors (Lipinski definition) is 2. The molecule has 0 radical (unpaired) electrons. The molecule has 2 fully saturated rings. The van der Waals surface area contributed by atoms with Crippen LogP contribution in [0.25, 0.3) is 0 Å². The summed E-state index contributed by atoms with van der Waals surface area (Å²) < 4.78 is 57.8.